The molecule has 2 aromatic carbocycles. The average molecular weight is 327 g/mol. The number of halogens is 1. The van der Waals surface area contributed by atoms with E-state index in [9.17, 15) is 0 Å². The Labute approximate surface area is 135 Å². The fourth-order valence-corrected chi connectivity index (χ4v) is 3.50. The van der Waals surface area contributed by atoms with Gasteiger partial charge in [0, 0.05) is 5.39 Å². The Bertz CT molecular complexity index is 996. The predicted molar refractivity (Wildman–Crippen MR) is 92.2 cm³/mol. The van der Waals surface area contributed by atoms with Gasteiger partial charge in [0.25, 0.3) is 0 Å². The number of rotatable bonds is 2. The lowest BCUT2D eigenvalue weighted by atomic mass is 10.2. The highest BCUT2D eigenvalue weighted by atomic mass is 35.5. The molecule has 0 amide bonds. The summed E-state index contributed by atoms with van der Waals surface area (Å²) in [5.41, 5.74) is 2.98. The molecular weight excluding hydrogens is 316 g/mol. The second-order valence-corrected chi connectivity index (χ2v) is 6.29. The van der Waals surface area contributed by atoms with Crippen molar-refractivity contribution in [2.24, 2.45) is 0 Å². The quantitative estimate of drug-likeness (QED) is 0.530. The van der Waals surface area contributed by atoms with E-state index in [0.717, 1.165) is 31.8 Å². The third kappa shape index (κ3) is 2.28. The first-order valence-corrected chi connectivity index (χ1v) is 7.95. The summed E-state index contributed by atoms with van der Waals surface area (Å²) >= 11 is 7.61. The number of fused-ring (bicyclic) bond motifs is 2. The molecule has 2 heterocycles. The van der Waals surface area contributed by atoms with Crippen molar-refractivity contribution in [1.29, 1.82) is 0 Å². The molecule has 0 saturated carbocycles. The van der Waals surface area contributed by atoms with E-state index in [4.69, 9.17) is 11.6 Å². The van der Waals surface area contributed by atoms with Crippen molar-refractivity contribution in [1.82, 2.24) is 15.0 Å². The Morgan fingerprint density at radius 3 is 2.73 bits per heavy atom. The summed E-state index contributed by atoms with van der Waals surface area (Å²) < 4.78 is 1.15. The topological polar surface area (TPSA) is 50.7 Å². The van der Waals surface area contributed by atoms with Crippen LogP contribution in [0.5, 0.6) is 0 Å². The normalized spacial score (nSPS) is 11.2. The minimum Gasteiger partial charge on any atom is -0.316 e. The number of anilines is 2. The minimum absolute atomic E-state index is 0.221. The third-order valence-electron chi connectivity index (χ3n) is 3.42. The molecule has 2 aromatic heterocycles. The van der Waals surface area contributed by atoms with Crippen LogP contribution in [0.4, 0.5) is 10.9 Å². The number of aryl methyl sites for hydroxylation is 1. The highest BCUT2D eigenvalue weighted by Gasteiger charge is 2.10. The molecule has 22 heavy (non-hydrogen) atoms. The summed E-state index contributed by atoms with van der Waals surface area (Å²) in [6, 6.07) is 13.9. The van der Waals surface area contributed by atoms with E-state index in [1.807, 2.05) is 30.3 Å². The molecule has 0 atom stereocenters. The Morgan fingerprint density at radius 2 is 1.86 bits per heavy atom. The van der Waals surface area contributed by atoms with Crippen molar-refractivity contribution >= 4 is 55.0 Å². The van der Waals surface area contributed by atoms with Crippen LogP contribution in [0.2, 0.25) is 5.28 Å². The fraction of sp³-hybridized carbons (Fsp3) is 0.0625. The minimum atomic E-state index is 0.221. The van der Waals surface area contributed by atoms with Crippen LogP contribution in [0.1, 0.15) is 5.56 Å². The number of hydrogen-bond donors (Lipinski definition) is 1. The van der Waals surface area contributed by atoms with Crippen molar-refractivity contribution in [3.63, 3.8) is 0 Å². The van der Waals surface area contributed by atoms with Crippen LogP contribution in [-0.2, 0) is 0 Å². The van der Waals surface area contributed by atoms with Gasteiger partial charge >= 0.3 is 0 Å². The first kappa shape index (κ1) is 13.4. The number of nitrogens with zero attached hydrogens (tertiary/aromatic N) is 3. The van der Waals surface area contributed by atoms with Crippen molar-refractivity contribution in [2.45, 2.75) is 6.92 Å². The number of aromatic nitrogens is 3. The van der Waals surface area contributed by atoms with Gasteiger partial charge in [-0.05, 0) is 42.3 Å². The van der Waals surface area contributed by atoms with Crippen molar-refractivity contribution in [2.75, 3.05) is 5.32 Å². The molecule has 0 radical (unpaired) electrons. The first-order chi connectivity index (χ1) is 10.7. The number of thiazole rings is 1. The molecule has 0 aliphatic rings. The summed E-state index contributed by atoms with van der Waals surface area (Å²) in [7, 11) is 0. The summed E-state index contributed by atoms with van der Waals surface area (Å²) in [4.78, 5) is 13.2. The smallest absolute Gasteiger partial charge is 0.224 e. The van der Waals surface area contributed by atoms with E-state index < -0.39 is 0 Å². The van der Waals surface area contributed by atoms with Crippen LogP contribution in [-0.4, -0.2) is 15.0 Å². The van der Waals surface area contributed by atoms with Gasteiger partial charge in [0.05, 0.1) is 15.7 Å². The highest BCUT2D eigenvalue weighted by molar-refractivity contribution is 7.22. The number of nitrogens with one attached hydrogen (secondary N) is 1. The monoisotopic (exact) mass is 326 g/mol. The Hall–Kier alpha value is -2.24. The third-order valence-corrected chi connectivity index (χ3v) is 4.53. The molecule has 0 unspecified atom stereocenters. The molecule has 108 valence electrons. The van der Waals surface area contributed by atoms with E-state index >= 15 is 0 Å². The zero-order valence-corrected chi connectivity index (χ0v) is 13.2. The molecule has 4 rings (SSSR count). The van der Waals surface area contributed by atoms with Gasteiger partial charge in [-0.15, -0.1) is 0 Å². The van der Waals surface area contributed by atoms with Crippen LogP contribution in [0.3, 0.4) is 0 Å². The van der Waals surface area contributed by atoms with Gasteiger partial charge in [0.15, 0.2) is 5.13 Å². The van der Waals surface area contributed by atoms with E-state index in [-0.39, 0.29) is 5.28 Å². The number of para-hydroxylation sites is 2. The molecule has 0 aliphatic heterocycles. The predicted octanol–water partition coefficient (Wildman–Crippen LogP) is 4.94. The molecule has 0 aliphatic carbocycles. The van der Waals surface area contributed by atoms with Crippen LogP contribution in [0, 0.1) is 6.92 Å². The highest BCUT2D eigenvalue weighted by Crippen LogP contribution is 2.31. The molecule has 0 bridgehead atoms. The Morgan fingerprint density at radius 1 is 1.00 bits per heavy atom. The number of benzene rings is 2. The maximum absolute atomic E-state index is 6.01. The van der Waals surface area contributed by atoms with Gasteiger partial charge in [0.1, 0.15) is 5.82 Å². The van der Waals surface area contributed by atoms with Gasteiger partial charge in [-0.25, -0.2) is 9.97 Å². The summed E-state index contributed by atoms with van der Waals surface area (Å²) in [6.07, 6.45) is 0. The molecule has 6 heteroatoms. The Kier molecular flexibility index (Phi) is 3.17. The van der Waals surface area contributed by atoms with Crippen LogP contribution in [0.25, 0.3) is 21.1 Å². The van der Waals surface area contributed by atoms with Crippen molar-refractivity contribution in [3.8, 4) is 0 Å². The van der Waals surface area contributed by atoms with E-state index in [1.165, 1.54) is 0 Å². The van der Waals surface area contributed by atoms with Gasteiger partial charge in [-0.1, -0.05) is 35.6 Å². The summed E-state index contributed by atoms with van der Waals surface area (Å²) in [6.45, 7) is 2.06. The molecule has 4 nitrogen and oxygen atoms in total. The lowest BCUT2D eigenvalue weighted by Crippen LogP contribution is -1.96. The van der Waals surface area contributed by atoms with Crippen LogP contribution < -0.4 is 5.32 Å². The molecular formula is C16H11ClN4S. The summed E-state index contributed by atoms with van der Waals surface area (Å²) in [5, 5.41) is 5.21. The van der Waals surface area contributed by atoms with Gasteiger partial charge < -0.3 is 5.32 Å². The van der Waals surface area contributed by atoms with Crippen LogP contribution in [0.15, 0.2) is 42.5 Å². The van der Waals surface area contributed by atoms with Crippen molar-refractivity contribution in [3.05, 3.63) is 53.3 Å². The Balaban J connectivity index is 1.84. The lowest BCUT2D eigenvalue weighted by molar-refractivity contribution is 1.21. The van der Waals surface area contributed by atoms with Gasteiger partial charge in [-0.3, -0.25) is 0 Å². The van der Waals surface area contributed by atoms with Gasteiger partial charge in [0.2, 0.25) is 5.28 Å². The SMILES string of the molecule is Cc1cccc2sc(Nc3nc(Cl)nc4ccccc34)nc12. The first-order valence-electron chi connectivity index (χ1n) is 6.76. The summed E-state index contributed by atoms with van der Waals surface area (Å²) in [5.74, 6) is 0.673. The molecule has 0 saturated heterocycles. The zero-order chi connectivity index (χ0) is 15.1. The van der Waals surface area contributed by atoms with Gasteiger partial charge in [-0.2, -0.15) is 4.98 Å². The molecule has 0 fully saturated rings. The maximum Gasteiger partial charge on any atom is 0.224 e. The zero-order valence-electron chi connectivity index (χ0n) is 11.7. The fourth-order valence-electron chi connectivity index (χ4n) is 2.38. The molecule has 4 aromatic rings. The lowest BCUT2D eigenvalue weighted by Gasteiger charge is -2.06. The molecule has 0 spiro atoms. The largest absolute Gasteiger partial charge is 0.316 e. The molecule has 1 N–H and O–H groups in total. The second kappa shape index (κ2) is 5.19. The number of hydrogen-bond acceptors (Lipinski definition) is 5. The van der Waals surface area contributed by atoms with E-state index in [1.54, 1.807) is 11.3 Å². The second-order valence-electron chi connectivity index (χ2n) is 4.92. The average Bonchev–Trinajstić information content (AvgIpc) is 2.91. The van der Waals surface area contributed by atoms with Crippen molar-refractivity contribution < 1.29 is 0 Å². The van der Waals surface area contributed by atoms with E-state index in [0.29, 0.717) is 5.82 Å². The maximum atomic E-state index is 6.01. The van der Waals surface area contributed by atoms with E-state index in [2.05, 4.69) is 39.3 Å². The standard InChI is InChI=1S/C16H11ClN4S/c1-9-5-4-8-12-13(9)19-16(22-12)21-14-10-6-2-3-7-11(10)18-15(17)20-14/h2-8H,1H3,(H,18,19,20,21). The van der Waals surface area contributed by atoms with Crippen LogP contribution >= 0.6 is 22.9 Å².